The smallest absolute Gasteiger partial charge is 0.110 e. The first-order chi connectivity index (χ1) is 16.8. The third-order valence-electron chi connectivity index (χ3n) is 9.97. The van der Waals surface area contributed by atoms with Crippen LogP contribution in [0.25, 0.3) is 0 Å². The van der Waals surface area contributed by atoms with Crippen LogP contribution in [-0.2, 0) is 4.74 Å². The molecule has 0 aromatic rings. The Morgan fingerprint density at radius 3 is 2.50 bits per heavy atom. The predicted octanol–water partition coefficient (Wildman–Crippen LogP) is 5.55. The maximum absolute atomic E-state index is 11.1. The fraction of sp³-hybridized carbons (Fsp3) is 0.871. The van der Waals surface area contributed by atoms with Crippen molar-refractivity contribution in [1.82, 2.24) is 0 Å². The van der Waals surface area contributed by atoms with Gasteiger partial charge in [0, 0.05) is 18.6 Å². The molecule has 0 aromatic carbocycles. The van der Waals surface area contributed by atoms with E-state index in [0.717, 1.165) is 30.8 Å². The zero-order chi connectivity index (χ0) is 26.7. The highest BCUT2D eigenvalue weighted by molar-refractivity contribution is 5.30. The molecule has 3 fully saturated rings. The molecule has 3 aliphatic carbocycles. The van der Waals surface area contributed by atoms with Gasteiger partial charge in [0.2, 0.25) is 0 Å². The molecule has 3 rings (SSSR count). The van der Waals surface area contributed by atoms with Gasteiger partial charge < -0.3 is 25.2 Å². The van der Waals surface area contributed by atoms with Crippen molar-refractivity contribution in [3.8, 4) is 0 Å². The summed E-state index contributed by atoms with van der Waals surface area (Å²) in [6.07, 6.45) is 12.7. The second-order valence-corrected chi connectivity index (χ2v) is 13.6. The van der Waals surface area contributed by atoms with Gasteiger partial charge in [-0.3, -0.25) is 0 Å². The van der Waals surface area contributed by atoms with Crippen LogP contribution in [0.2, 0.25) is 0 Å². The minimum Gasteiger partial charge on any atom is -0.396 e. The molecular weight excluding hydrogens is 452 g/mol. The fourth-order valence-electron chi connectivity index (χ4n) is 7.66. The van der Waals surface area contributed by atoms with Crippen LogP contribution in [0.1, 0.15) is 106 Å². The lowest BCUT2D eigenvalue weighted by Gasteiger charge is -2.45. The molecule has 3 aliphatic rings. The number of hydrogen-bond acceptors (Lipinski definition) is 5. The van der Waals surface area contributed by atoms with E-state index in [-0.39, 0.29) is 6.61 Å². The molecule has 0 amide bonds. The standard InChI is InChI=1S/C31H54O5/c1-21(10-7-16-29(2,3)35)24-14-15-25-22(11-8-17-31(24,25)6)12-13-23-20-26(33)27(36-19-9-18-32)28(34)30(23,4)5/h12-13,21,24-28,32-35H,7-11,14-20H2,1-6H3/b22-12+,23-13-/t21-,24-,25?,26-,27-,28+,31-/m1/s1. The van der Waals surface area contributed by atoms with Crippen molar-refractivity contribution >= 4 is 0 Å². The van der Waals surface area contributed by atoms with Gasteiger partial charge >= 0.3 is 0 Å². The Kier molecular flexibility index (Phi) is 9.93. The Morgan fingerprint density at radius 2 is 1.83 bits per heavy atom. The predicted molar refractivity (Wildman–Crippen MR) is 146 cm³/mol. The van der Waals surface area contributed by atoms with E-state index in [4.69, 9.17) is 9.84 Å². The summed E-state index contributed by atoms with van der Waals surface area (Å²) in [7, 11) is 0. The van der Waals surface area contributed by atoms with E-state index < -0.39 is 29.3 Å². The zero-order valence-corrected chi connectivity index (χ0v) is 23.8. The van der Waals surface area contributed by atoms with E-state index in [2.05, 4.69) is 26.0 Å². The number of rotatable bonds is 10. The van der Waals surface area contributed by atoms with Gasteiger partial charge in [-0.1, -0.05) is 63.8 Å². The van der Waals surface area contributed by atoms with Crippen LogP contribution in [0.5, 0.6) is 0 Å². The molecule has 208 valence electrons. The van der Waals surface area contributed by atoms with Crippen LogP contribution in [-0.4, -0.2) is 57.6 Å². The van der Waals surface area contributed by atoms with Crippen LogP contribution in [0.4, 0.5) is 0 Å². The highest BCUT2D eigenvalue weighted by atomic mass is 16.5. The molecule has 0 spiro atoms. The molecule has 3 saturated carbocycles. The zero-order valence-electron chi connectivity index (χ0n) is 23.8. The SMILES string of the molecule is C[C@H](CCCC(C)(C)O)[C@H]1CCC2/C(=C/C=C3/C[C@@H](O)[C@@H](OCCCO)[C@H](O)C3(C)C)CCC[C@@]21C. The third-order valence-corrected chi connectivity index (χ3v) is 9.97. The molecule has 5 nitrogen and oxygen atoms in total. The number of aliphatic hydroxyl groups is 4. The minimum absolute atomic E-state index is 0.0432. The average molecular weight is 507 g/mol. The quantitative estimate of drug-likeness (QED) is 0.292. The highest BCUT2D eigenvalue weighted by Crippen LogP contribution is 2.60. The molecule has 7 atom stereocenters. The largest absolute Gasteiger partial charge is 0.396 e. The van der Waals surface area contributed by atoms with E-state index in [9.17, 15) is 15.3 Å². The van der Waals surface area contributed by atoms with Gasteiger partial charge in [0.1, 0.15) is 6.10 Å². The normalized spacial score (nSPS) is 37.9. The summed E-state index contributed by atoms with van der Waals surface area (Å²) in [5.74, 6) is 2.01. The maximum Gasteiger partial charge on any atom is 0.110 e. The van der Waals surface area contributed by atoms with Crippen molar-refractivity contribution in [2.24, 2.45) is 28.6 Å². The van der Waals surface area contributed by atoms with Gasteiger partial charge in [0.25, 0.3) is 0 Å². The summed E-state index contributed by atoms with van der Waals surface area (Å²) < 4.78 is 5.76. The lowest BCUT2D eigenvalue weighted by molar-refractivity contribution is -0.145. The number of fused-ring (bicyclic) bond motifs is 1. The third kappa shape index (κ3) is 6.64. The first-order valence-corrected chi connectivity index (χ1v) is 14.5. The lowest BCUT2D eigenvalue weighted by Crippen LogP contribution is -2.53. The van der Waals surface area contributed by atoms with Gasteiger partial charge in [0.15, 0.2) is 0 Å². The summed E-state index contributed by atoms with van der Waals surface area (Å²) >= 11 is 0. The molecule has 0 aliphatic heterocycles. The summed E-state index contributed by atoms with van der Waals surface area (Å²) in [6, 6.07) is 0. The molecule has 36 heavy (non-hydrogen) atoms. The van der Waals surface area contributed by atoms with Crippen molar-refractivity contribution in [2.45, 2.75) is 130 Å². The first kappa shape index (κ1) is 29.8. The Morgan fingerprint density at radius 1 is 1.11 bits per heavy atom. The van der Waals surface area contributed by atoms with Gasteiger partial charge in [0.05, 0.1) is 17.8 Å². The number of aliphatic hydroxyl groups excluding tert-OH is 3. The summed E-state index contributed by atoms with van der Waals surface area (Å²) in [6.45, 7) is 13.2. The number of ether oxygens (including phenoxy) is 1. The highest BCUT2D eigenvalue weighted by Gasteiger charge is 2.51. The monoisotopic (exact) mass is 506 g/mol. The lowest BCUT2D eigenvalue weighted by atomic mass is 9.60. The molecule has 4 N–H and O–H groups in total. The molecule has 0 aromatic heterocycles. The Labute approximate surface area is 220 Å². The van der Waals surface area contributed by atoms with Crippen molar-refractivity contribution < 1.29 is 25.2 Å². The Hall–Kier alpha value is -0.720. The van der Waals surface area contributed by atoms with E-state index in [1.54, 1.807) is 5.57 Å². The molecule has 0 radical (unpaired) electrons. The van der Waals surface area contributed by atoms with E-state index in [1.165, 1.54) is 32.1 Å². The minimum atomic E-state index is -0.790. The molecule has 0 bridgehead atoms. The van der Waals surface area contributed by atoms with Gasteiger partial charge in [-0.2, -0.15) is 0 Å². The van der Waals surface area contributed by atoms with Crippen molar-refractivity contribution in [3.05, 3.63) is 23.3 Å². The Balaban J connectivity index is 1.71. The first-order valence-electron chi connectivity index (χ1n) is 14.5. The topological polar surface area (TPSA) is 90.2 Å². The van der Waals surface area contributed by atoms with Crippen LogP contribution >= 0.6 is 0 Å². The fourth-order valence-corrected chi connectivity index (χ4v) is 7.66. The van der Waals surface area contributed by atoms with Crippen LogP contribution in [0.3, 0.4) is 0 Å². The van der Waals surface area contributed by atoms with Gasteiger partial charge in [-0.05, 0) is 88.4 Å². The molecule has 0 saturated heterocycles. The molecule has 5 heteroatoms. The van der Waals surface area contributed by atoms with Crippen molar-refractivity contribution in [3.63, 3.8) is 0 Å². The molecule has 1 unspecified atom stereocenters. The van der Waals surface area contributed by atoms with E-state index >= 15 is 0 Å². The number of allylic oxidation sites excluding steroid dienone is 3. The number of hydrogen-bond donors (Lipinski definition) is 4. The molecule has 0 heterocycles. The second-order valence-electron chi connectivity index (χ2n) is 13.6. The summed E-state index contributed by atoms with van der Waals surface area (Å²) in [5, 5.41) is 41.0. The van der Waals surface area contributed by atoms with Crippen molar-refractivity contribution in [2.75, 3.05) is 13.2 Å². The van der Waals surface area contributed by atoms with Gasteiger partial charge in [-0.15, -0.1) is 0 Å². The average Bonchev–Trinajstić information content (AvgIpc) is 3.14. The molecular formula is C31H54O5. The van der Waals surface area contributed by atoms with Crippen LogP contribution in [0.15, 0.2) is 23.3 Å². The Bertz CT molecular complexity index is 778. The maximum atomic E-state index is 11.1. The summed E-state index contributed by atoms with van der Waals surface area (Å²) in [4.78, 5) is 0. The van der Waals surface area contributed by atoms with E-state index in [1.807, 2.05) is 27.7 Å². The van der Waals surface area contributed by atoms with Gasteiger partial charge in [-0.25, -0.2) is 0 Å². The van der Waals surface area contributed by atoms with Crippen LogP contribution in [0, 0.1) is 28.6 Å². The summed E-state index contributed by atoms with van der Waals surface area (Å²) in [5.41, 5.74) is 1.91. The van der Waals surface area contributed by atoms with Crippen molar-refractivity contribution in [1.29, 1.82) is 0 Å². The van der Waals surface area contributed by atoms with Crippen LogP contribution < -0.4 is 0 Å². The second kappa shape index (κ2) is 12.0. The van der Waals surface area contributed by atoms with E-state index in [0.29, 0.717) is 36.7 Å².